The maximum Gasteiger partial charge on any atom is 0.306 e. The minimum atomic E-state index is -1.42. The van der Waals surface area contributed by atoms with Gasteiger partial charge in [-0.2, -0.15) is 0 Å². The molecule has 0 saturated heterocycles. The van der Waals surface area contributed by atoms with Gasteiger partial charge in [-0.3, -0.25) is 9.59 Å². The molecule has 1 aliphatic heterocycles. The van der Waals surface area contributed by atoms with E-state index >= 15 is 0 Å². The van der Waals surface area contributed by atoms with Crippen LogP contribution in [0, 0.1) is 0 Å². The first-order chi connectivity index (χ1) is 9.41. The van der Waals surface area contributed by atoms with Crippen molar-refractivity contribution in [2.45, 2.75) is 50.6 Å². The molecule has 4 N–H and O–H groups in total. The van der Waals surface area contributed by atoms with E-state index in [9.17, 15) is 24.9 Å². The molecule has 0 aromatic carbocycles. The zero-order chi connectivity index (χ0) is 15.1. The van der Waals surface area contributed by atoms with E-state index in [2.05, 4.69) is 5.32 Å². The van der Waals surface area contributed by atoms with E-state index in [1.165, 1.54) is 6.92 Å². The van der Waals surface area contributed by atoms with Crippen LogP contribution in [-0.4, -0.2) is 58.2 Å². The third-order valence-electron chi connectivity index (χ3n) is 2.99. The van der Waals surface area contributed by atoms with Gasteiger partial charge >= 0.3 is 5.97 Å². The average Bonchev–Trinajstić information content (AvgIpc) is 2.39. The summed E-state index contributed by atoms with van der Waals surface area (Å²) in [7, 11) is 0. The molecule has 114 valence electrons. The Morgan fingerprint density at radius 2 is 2.05 bits per heavy atom. The van der Waals surface area contributed by atoms with Crippen LogP contribution in [0.5, 0.6) is 0 Å². The third kappa shape index (κ3) is 5.28. The molecule has 4 atom stereocenters. The molecule has 1 unspecified atom stereocenters. The Morgan fingerprint density at radius 1 is 1.35 bits per heavy atom. The van der Waals surface area contributed by atoms with Gasteiger partial charge in [-0.15, -0.1) is 0 Å². The minimum absolute atomic E-state index is 0.129. The van der Waals surface area contributed by atoms with Gasteiger partial charge in [0.25, 0.3) is 0 Å². The quantitative estimate of drug-likeness (QED) is 0.377. The van der Waals surface area contributed by atoms with Gasteiger partial charge in [-0.25, -0.2) is 0 Å². The summed E-state index contributed by atoms with van der Waals surface area (Å²) < 4.78 is 5.04. The Hall–Kier alpha value is -1.44. The SMILES string of the molecule is C[C@@H](O)[C@@H](O)C1C[C@H](O)C(=O)NC/C=C\CCC(=O)O1. The normalized spacial score (nSPS) is 30.2. The van der Waals surface area contributed by atoms with Crippen LogP contribution < -0.4 is 5.32 Å². The molecule has 0 aromatic rings. The Kier molecular flexibility index (Phi) is 6.63. The molecule has 1 heterocycles. The highest BCUT2D eigenvalue weighted by Crippen LogP contribution is 2.14. The van der Waals surface area contributed by atoms with E-state index in [-0.39, 0.29) is 19.4 Å². The molecule has 1 amide bonds. The molecule has 0 bridgehead atoms. The number of carbonyl (C=O) groups is 2. The smallest absolute Gasteiger partial charge is 0.306 e. The van der Waals surface area contributed by atoms with Crippen LogP contribution in [0.25, 0.3) is 0 Å². The number of esters is 1. The fourth-order valence-corrected chi connectivity index (χ4v) is 1.80. The molecule has 7 heteroatoms. The van der Waals surface area contributed by atoms with Crippen molar-refractivity contribution in [3.05, 3.63) is 12.2 Å². The maximum absolute atomic E-state index is 11.6. The lowest BCUT2D eigenvalue weighted by Gasteiger charge is -2.26. The summed E-state index contributed by atoms with van der Waals surface area (Å²) in [4.78, 5) is 23.2. The van der Waals surface area contributed by atoms with E-state index in [4.69, 9.17) is 4.74 Å². The average molecular weight is 287 g/mol. The molecular weight excluding hydrogens is 266 g/mol. The molecule has 0 aliphatic carbocycles. The maximum atomic E-state index is 11.6. The van der Waals surface area contributed by atoms with Crippen LogP contribution in [-0.2, 0) is 14.3 Å². The van der Waals surface area contributed by atoms with Crippen molar-refractivity contribution in [2.75, 3.05) is 6.54 Å². The van der Waals surface area contributed by atoms with Crippen LogP contribution in [0.3, 0.4) is 0 Å². The third-order valence-corrected chi connectivity index (χ3v) is 2.99. The topological polar surface area (TPSA) is 116 Å². The number of hydrogen-bond donors (Lipinski definition) is 4. The number of hydrogen-bond acceptors (Lipinski definition) is 6. The minimum Gasteiger partial charge on any atom is -0.459 e. The lowest BCUT2D eigenvalue weighted by atomic mass is 10.0. The van der Waals surface area contributed by atoms with Crippen LogP contribution in [0.4, 0.5) is 0 Å². The monoisotopic (exact) mass is 287 g/mol. The second-order valence-corrected chi connectivity index (χ2v) is 4.77. The van der Waals surface area contributed by atoms with Gasteiger partial charge in [0, 0.05) is 19.4 Å². The fourth-order valence-electron chi connectivity index (χ4n) is 1.80. The van der Waals surface area contributed by atoms with Crippen LogP contribution in [0.15, 0.2) is 12.2 Å². The lowest BCUT2D eigenvalue weighted by molar-refractivity contribution is -0.163. The van der Waals surface area contributed by atoms with Gasteiger partial charge in [-0.1, -0.05) is 12.2 Å². The molecule has 1 aliphatic rings. The molecule has 0 aromatic heterocycles. The van der Waals surface area contributed by atoms with E-state index < -0.39 is 36.3 Å². The van der Waals surface area contributed by atoms with Gasteiger partial charge in [0.1, 0.15) is 18.3 Å². The summed E-state index contributed by atoms with van der Waals surface area (Å²) in [5, 5.41) is 31.4. The van der Waals surface area contributed by atoms with Crippen molar-refractivity contribution in [1.82, 2.24) is 5.32 Å². The lowest BCUT2D eigenvalue weighted by Crippen LogP contribution is -2.44. The molecule has 1 rings (SSSR count). The summed E-state index contributed by atoms with van der Waals surface area (Å²) in [6, 6.07) is 0. The number of carbonyl (C=O) groups excluding carboxylic acids is 2. The number of ether oxygens (including phenoxy) is 1. The Labute approximate surface area is 117 Å². The van der Waals surface area contributed by atoms with Gasteiger partial charge in [0.05, 0.1) is 6.10 Å². The first-order valence-corrected chi connectivity index (χ1v) is 6.58. The number of amides is 1. The molecular formula is C13H21NO6. The molecule has 0 fully saturated rings. The van der Waals surface area contributed by atoms with Crippen LogP contribution >= 0.6 is 0 Å². The van der Waals surface area contributed by atoms with Gasteiger partial charge < -0.3 is 25.4 Å². The van der Waals surface area contributed by atoms with Crippen LogP contribution in [0.2, 0.25) is 0 Å². The fraction of sp³-hybridized carbons (Fsp3) is 0.692. The summed E-state index contributed by atoms with van der Waals surface area (Å²) in [6.45, 7) is 1.60. The zero-order valence-corrected chi connectivity index (χ0v) is 11.4. The summed E-state index contributed by atoms with van der Waals surface area (Å²) in [5.74, 6) is -1.17. The standard InChI is InChI=1S/C13H21NO6/c1-8(15)12(18)10-7-9(16)13(19)14-6-4-2-3-5-11(17)20-10/h2,4,8-10,12,15-16,18H,3,5-7H2,1H3,(H,14,19)/b4-2-/t8-,9+,10?,12-/m1/s1. The highest BCUT2D eigenvalue weighted by Gasteiger charge is 2.31. The number of cyclic esters (lactones) is 1. The largest absolute Gasteiger partial charge is 0.459 e. The van der Waals surface area contributed by atoms with Crippen molar-refractivity contribution >= 4 is 11.9 Å². The van der Waals surface area contributed by atoms with Crippen molar-refractivity contribution in [3.8, 4) is 0 Å². The molecule has 0 spiro atoms. The van der Waals surface area contributed by atoms with Crippen molar-refractivity contribution in [3.63, 3.8) is 0 Å². The van der Waals surface area contributed by atoms with E-state index in [0.717, 1.165) is 0 Å². The second-order valence-electron chi connectivity index (χ2n) is 4.77. The Morgan fingerprint density at radius 3 is 2.70 bits per heavy atom. The number of aliphatic hydroxyl groups excluding tert-OH is 3. The predicted octanol–water partition coefficient (Wildman–Crippen LogP) is -1.14. The Balaban J connectivity index is 2.81. The van der Waals surface area contributed by atoms with Crippen molar-refractivity contribution < 1.29 is 29.6 Å². The molecule has 7 nitrogen and oxygen atoms in total. The number of allylic oxidation sites excluding steroid dienone is 1. The first kappa shape index (κ1) is 16.6. The highest BCUT2D eigenvalue weighted by atomic mass is 16.6. The zero-order valence-electron chi connectivity index (χ0n) is 11.4. The van der Waals surface area contributed by atoms with Gasteiger partial charge in [0.2, 0.25) is 5.91 Å². The number of nitrogens with one attached hydrogen (secondary N) is 1. The van der Waals surface area contributed by atoms with Gasteiger partial charge in [-0.05, 0) is 13.3 Å². The van der Waals surface area contributed by atoms with Crippen molar-refractivity contribution in [1.29, 1.82) is 0 Å². The summed E-state index contributed by atoms with van der Waals surface area (Å²) >= 11 is 0. The van der Waals surface area contributed by atoms with Crippen LogP contribution in [0.1, 0.15) is 26.2 Å². The van der Waals surface area contributed by atoms with Gasteiger partial charge in [0.15, 0.2) is 0 Å². The highest BCUT2D eigenvalue weighted by molar-refractivity contribution is 5.80. The molecule has 0 radical (unpaired) electrons. The summed E-state index contributed by atoms with van der Waals surface area (Å²) in [6.07, 6.45) is -1.35. The first-order valence-electron chi connectivity index (χ1n) is 6.58. The Bertz CT molecular complexity index is 368. The van der Waals surface area contributed by atoms with E-state index in [0.29, 0.717) is 6.42 Å². The molecule has 20 heavy (non-hydrogen) atoms. The summed E-state index contributed by atoms with van der Waals surface area (Å²) in [5.41, 5.74) is 0. The van der Waals surface area contributed by atoms with E-state index in [1.54, 1.807) is 12.2 Å². The second kappa shape index (κ2) is 7.98. The van der Waals surface area contributed by atoms with Crippen molar-refractivity contribution in [2.24, 2.45) is 0 Å². The molecule has 0 saturated carbocycles. The van der Waals surface area contributed by atoms with E-state index in [1.807, 2.05) is 0 Å². The number of aliphatic hydroxyl groups is 3. The predicted molar refractivity (Wildman–Crippen MR) is 69.6 cm³/mol. The number of rotatable bonds is 2.